The Hall–Kier alpha value is -0.980. The van der Waals surface area contributed by atoms with Gasteiger partial charge in [-0.15, -0.1) is 11.3 Å². The second-order valence-corrected chi connectivity index (χ2v) is 6.31. The minimum atomic E-state index is -0.0212. The number of nitrogens with one attached hydrogen (secondary N) is 1. The molecule has 118 valence electrons. The van der Waals surface area contributed by atoms with Gasteiger partial charge < -0.3 is 15.2 Å². The molecular formula is C15H24N2O3S. The number of carbonyl (C=O) groups excluding carboxylic acids is 1. The highest BCUT2D eigenvalue weighted by Gasteiger charge is 2.18. The van der Waals surface area contributed by atoms with Crippen LogP contribution >= 0.6 is 11.3 Å². The average molecular weight is 312 g/mol. The molecule has 1 amide bonds. The molecular weight excluding hydrogens is 288 g/mol. The molecule has 0 unspecified atom stereocenters. The molecule has 0 atom stereocenters. The molecule has 21 heavy (non-hydrogen) atoms. The van der Waals surface area contributed by atoms with Gasteiger partial charge in [-0.2, -0.15) is 0 Å². The lowest BCUT2D eigenvalue weighted by Crippen LogP contribution is -2.28. The largest absolute Gasteiger partial charge is 0.394 e. The van der Waals surface area contributed by atoms with E-state index in [1.54, 1.807) is 11.3 Å². The van der Waals surface area contributed by atoms with Crippen molar-refractivity contribution in [1.82, 2.24) is 10.3 Å². The van der Waals surface area contributed by atoms with E-state index in [-0.39, 0.29) is 12.5 Å². The predicted molar refractivity (Wildman–Crippen MR) is 82.6 cm³/mol. The van der Waals surface area contributed by atoms with Crippen LogP contribution in [-0.2, 0) is 16.0 Å². The second-order valence-electron chi connectivity index (χ2n) is 5.36. The molecule has 2 rings (SSSR count). The molecule has 1 fully saturated rings. The number of nitrogens with zero attached hydrogens (tertiary/aromatic N) is 1. The zero-order chi connectivity index (χ0) is 14.9. The minimum Gasteiger partial charge on any atom is -0.394 e. The molecule has 0 spiro atoms. The maximum absolute atomic E-state index is 11.8. The third-order valence-corrected chi connectivity index (χ3v) is 4.58. The molecule has 1 aromatic heterocycles. The van der Waals surface area contributed by atoms with Gasteiger partial charge in [0.1, 0.15) is 5.01 Å². The molecule has 0 aliphatic heterocycles. The summed E-state index contributed by atoms with van der Waals surface area (Å²) in [5.41, 5.74) is 1.17. The van der Waals surface area contributed by atoms with Crippen LogP contribution in [0.2, 0.25) is 0 Å². The fraction of sp³-hybridized carbons (Fsp3) is 0.733. The SMILES string of the molecule is O=C(Cc1nc(C2CCCCC2)cs1)NCCOCCO. The molecule has 0 bridgehead atoms. The van der Waals surface area contributed by atoms with Gasteiger partial charge in [0.2, 0.25) is 5.91 Å². The van der Waals surface area contributed by atoms with Gasteiger partial charge in [0.25, 0.3) is 0 Å². The first-order valence-electron chi connectivity index (χ1n) is 7.69. The van der Waals surface area contributed by atoms with Crippen LogP contribution in [0.5, 0.6) is 0 Å². The summed E-state index contributed by atoms with van der Waals surface area (Å²) in [4.78, 5) is 16.4. The standard InChI is InChI=1S/C15H24N2O3S/c18-7-9-20-8-6-16-14(19)10-15-17-13(11-21-15)12-4-2-1-3-5-12/h11-12,18H,1-10H2,(H,16,19). The zero-order valence-electron chi connectivity index (χ0n) is 12.3. The van der Waals surface area contributed by atoms with E-state index >= 15 is 0 Å². The number of aromatic nitrogens is 1. The topological polar surface area (TPSA) is 71.5 Å². The molecule has 1 aliphatic rings. The van der Waals surface area contributed by atoms with Crippen molar-refractivity contribution in [3.63, 3.8) is 0 Å². The van der Waals surface area contributed by atoms with Crippen molar-refractivity contribution in [3.05, 3.63) is 16.1 Å². The van der Waals surface area contributed by atoms with Gasteiger partial charge >= 0.3 is 0 Å². The van der Waals surface area contributed by atoms with E-state index < -0.39 is 0 Å². The Kier molecular flexibility index (Phi) is 7.12. The monoisotopic (exact) mass is 312 g/mol. The number of amides is 1. The summed E-state index contributed by atoms with van der Waals surface area (Å²) in [6.07, 6.45) is 6.75. The van der Waals surface area contributed by atoms with E-state index in [4.69, 9.17) is 9.84 Å². The Bertz CT molecular complexity index is 430. The Labute approximate surface area is 129 Å². The molecule has 6 heteroatoms. The van der Waals surface area contributed by atoms with E-state index in [1.807, 2.05) is 0 Å². The first-order valence-corrected chi connectivity index (χ1v) is 8.57. The predicted octanol–water partition coefficient (Wildman–Crippen LogP) is 1.86. The van der Waals surface area contributed by atoms with Gasteiger partial charge in [-0.25, -0.2) is 4.98 Å². The second kappa shape index (κ2) is 9.12. The third-order valence-electron chi connectivity index (χ3n) is 3.71. The molecule has 1 aliphatic carbocycles. The van der Waals surface area contributed by atoms with Crippen molar-refractivity contribution in [3.8, 4) is 0 Å². The van der Waals surface area contributed by atoms with Gasteiger partial charge in [-0.3, -0.25) is 4.79 Å². The van der Waals surface area contributed by atoms with Crippen LogP contribution in [0.25, 0.3) is 0 Å². The van der Waals surface area contributed by atoms with Crippen LogP contribution in [-0.4, -0.2) is 42.4 Å². The van der Waals surface area contributed by atoms with Crippen LogP contribution in [0.1, 0.15) is 48.7 Å². The van der Waals surface area contributed by atoms with Crippen molar-refractivity contribution in [1.29, 1.82) is 0 Å². The Morgan fingerprint density at radius 2 is 2.19 bits per heavy atom. The molecule has 0 radical (unpaired) electrons. The lowest BCUT2D eigenvalue weighted by Gasteiger charge is -2.19. The van der Waals surface area contributed by atoms with E-state index in [9.17, 15) is 4.79 Å². The first-order chi connectivity index (χ1) is 10.3. The quantitative estimate of drug-likeness (QED) is 0.719. The summed E-state index contributed by atoms with van der Waals surface area (Å²) in [6, 6.07) is 0. The molecule has 2 N–H and O–H groups in total. The number of ether oxygens (including phenoxy) is 1. The minimum absolute atomic E-state index is 0.0109. The Morgan fingerprint density at radius 1 is 1.38 bits per heavy atom. The van der Waals surface area contributed by atoms with Crippen LogP contribution in [0, 0.1) is 0 Å². The molecule has 0 aromatic carbocycles. The van der Waals surface area contributed by atoms with E-state index in [0.717, 1.165) is 5.01 Å². The molecule has 0 saturated heterocycles. The smallest absolute Gasteiger partial charge is 0.226 e. The number of hydrogen-bond donors (Lipinski definition) is 2. The lowest BCUT2D eigenvalue weighted by atomic mass is 9.87. The van der Waals surface area contributed by atoms with Gasteiger partial charge in [0, 0.05) is 17.8 Å². The van der Waals surface area contributed by atoms with E-state index in [0.29, 0.717) is 32.1 Å². The molecule has 5 nitrogen and oxygen atoms in total. The first kappa shape index (κ1) is 16.4. The molecule has 1 saturated carbocycles. The van der Waals surface area contributed by atoms with Crippen molar-refractivity contribution < 1.29 is 14.6 Å². The summed E-state index contributed by atoms with van der Waals surface area (Å²) in [5, 5.41) is 14.4. The van der Waals surface area contributed by atoms with Crippen molar-refractivity contribution in [2.24, 2.45) is 0 Å². The van der Waals surface area contributed by atoms with Crippen LogP contribution in [0.15, 0.2) is 5.38 Å². The highest BCUT2D eigenvalue weighted by atomic mass is 32.1. The summed E-state index contributed by atoms with van der Waals surface area (Å²) < 4.78 is 5.09. The fourth-order valence-corrected chi connectivity index (χ4v) is 3.50. The fourth-order valence-electron chi connectivity index (χ4n) is 2.62. The number of rotatable bonds is 8. The number of thiazole rings is 1. The van der Waals surface area contributed by atoms with Crippen LogP contribution in [0.3, 0.4) is 0 Å². The number of carbonyl (C=O) groups is 1. The van der Waals surface area contributed by atoms with E-state index in [2.05, 4.69) is 15.7 Å². The van der Waals surface area contributed by atoms with Gasteiger partial charge in [0.05, 0.1) is 31.9 Å². The van der Waals surface area contributed by atoms with Crippen LogP contribution in [0.4, 0.5) is 0 Å². The summed E-state index contributed by atoms with van der Waals surface area (Å²) >= 11 is 1.58. The molecule has 1 aromatic rings. The highest BCUT2D eigenvalue weighted by Crippen LogP contribution is 2.33. The van der Waals surface area contributed by atoms with Gasteiger partial charge in [0.15, 0.2) is 0 Å². The Balaban J connectivity index is 1.70. The lowest BCUT2D eigenvalue weighted by molar-refractivity contribution is -0.120. The Morgan fingerprint density at radius 3 is 2.95 bits per heavy atom. The highest BCUT2D eigenvalue weighted by molar-refractivity contribution is 7.09. The van der Waals surface area contributed by atoms with Crippen molar-refractivity contribution >= 4 is 17.2 Å². The number of aliphatic hydroxyl groups excluding tert-OH is 1. The van der Waals surface area contributed by atoms with Gasteiger partial charge in [-0.05, 0) is 12.8 Å². The van der Waals surface area contributed by atoms with Crippen molar-refractivity contribution in [2.45, 2.75) is 44.4 Å². The maximum Gasteiger partial charge on any atom is 0.226 e. The number of hydrogen-bond acceptors (Lipinski definition) is 5. The maximum atomic E-state index is 11.8. The summed E-state index contributed by atoms with van der Waals surface area (Å²) in [6.45, 7) is 1.22. The normalized spacial score (nSPS) is 16.0. The zero-order valence-corrected chi connectivity index (χ0v) is 13.2. The summed E-state index contributed by atoms with van der Waals surface area (Å²) in [7, 11) is 0. The number of aliphatic hydroxyl groups is 1. The summed E-state index contributed by atoms with van der Waals surface area (Å²) in [5.74, 6) is 0.575. The molecule has 1 heterocycles. The van der Waals surface area contributed by atoms with Gasteiger partial charge in [-0.1, -0.05) is 19.3 Å². The van der Waals surface area contributed by atoms with Crippen LogP contribution < -0.4 is 5.32 Å². The van der Waals surface area contributed by atoms with Crippen molar-refractivity contribution in [2.75, 3.05) is 26.4 Å². The van der Waals surface area contributed by atoms with E-state index in [1.165, 1.54) is 37.8 Å². The average Bonchev–Trinajstić information content (AvgIpc) is 2.96. The third kappa shape index (κ3) is 5.73.